The van der Waals surface area contributed by atoms with Gasteiger partial charge in [-0.05, 0) is 25.9 Å². The predicted octanol–water partition coefficient (Wildman–Crippen LogP) is -0.526. The molecule has 1 heterocycles. The maximum atomic E-state index is 12.0. The summed E-state index contributed by atoms with van der Waals surface area (Å²) in [6.45, 7) is 1.73. The number of nitrogens with zero attached hydrogens (tertiary/aromatic N) is 3. The SMILES string of the molecule is CN(CC(=O)O)C(=O)CN(C)C(=O)CN1CCCCC1. The first-order valence-corrected chi connectivity index (χ1v) is 6.82. The highest BCUT2D eigenvalue weighted by molar-refractivity contribution is 5.87. The Morgan fingerprint density at radius 2 is 1.50 bits per heavy atom. The number of carbonyl (C=O) groups is 3. The highest BCUT2D eigenvalue weighted by Crippen LogP contribution is 2.08. The Kier molecular flexibility index (Phi) is 6.44. The van der Waals surface area contributed by atoms with Gasteiger partial charge in [0.25, 0.3) is 0 Å². The second kappa shape index (κ2) is 7.84. The number of carboxylic acid groups (broad SMARTS) is 1. The fraction of sp³-hybridized carbons (Fsp3) is 0.769. The minimum atomic E-state index is -1.07. The summed E-state index contributed by atoms with van der Waals surface area (Å²) in [6, 6.07) is 0. The fourth-order valence-corrected chi connectivity index (χ4v) is 2.13. The lowest BCUT2D eigenvalue weighted by atomic mass is 10.1. The Labute approximate surface area is 119 Å². The first-order valence-electron chi connectivity index (χ1n) is 6.82. The molecule has 7 nitrogen and oxygen atoms in total. The van der Waals surface area contributed by atoms with Gasteiger partial charge in [0.15, 0.2) is 0 Å². The highest BCUT2D eigenvalue weighted by atomic mass is 16.4. The Morgan fingerprint density at radius 1 is 0.950 bits per heavy atom. The van der Waals surface area contributed by atoms with E-state index in [1.807, 2.05) is 0 Å². The molecule has 0 aromatic heterocycles. The molecule has 0 spiro atoms. The number of likely N-dealkylation sites (tertiary alicyclic amines) is 1. The summed E-state index contributed by atoms with van der Waals surface area (Å²) in [5, 5.41) is 8.61. The molecule has 1 aliphatic heterocycles. The van der Waals surface area contributed by atoms with Gasteiger partial charge in [-0.15, -0.1) is 0 Å². The number of rotatable bonds is 6. The lowest BCUT2D eigenvalue weighted by molar-refractivity contribution is -0.145. The van der Waals surface area contributed by atoms with Gasteiger partial charge in [0.1, 0.15) is 6.54 Å². The third-order valence-corrected chi connectivity index (χ3v) is 3.40. The van der Waals surface area contributed by atoms with Crippen molar-refractivity contribution in [3.63, 3.8) is 0 Å². The van der Waals surface area contributed by atoms with Crippen LogP contribution in [0.1, 0.15) is 19.3 Å². The van der Waals surface area contributed by atoms with E-state index in [0.29, 0.717) is 6.54 Å². The zero-order valence-electron chi connectivity index (χ0n) is 12.2. The van der Waals surface area contributed by atoms with Gasteiger partial charge in [-0.25, -0.2) is 0 Å². The lowest BCUT2D eigenvalue weighted by Crippen LogP contribution is -2.45. The molecular weight excluding hydrogens is 262 g/mol. The smallest absolute Gasteiger partial charge is 0.323 e. The molecule has 1 saturated heterocycles. The quantitative estimate of drug-likeness (QED) is 0.710. The number of amides is 2. The van der Waals surface area contributed by atoms with Gasteiger partial charge in [0.05, 0.1) is 13.1 Å². The molecule has 0 aromatic rings. The van der Waals surface area contributed by atoms with Gasteiger partial charge in [-0.2, -0.15) is 0 Å². The second-order valence-electron chi connectivity index (χ2n) is 5.23. The van der Waals surface area contributed by atoms with Crippen LogP contribution in [0.2, 0.25) is 0 Å². The normalized spacial score (nSPS) is 15.7. The van der Waals surface area contributed by atoms with Crippen molar-refractivity contribution in [1.29, 1.82) is 0 Å². The molecule has 0 unspecified atom stereocenters. The molecule has 0 atom stereocenters. The van der Waals surface area contributed by atoms with Gasteiger partial charge >= 0.3 is 5.97 Å². The van der Waals surface area contributed by atoms with Crippen LogP contribution in [-0.4, -0.2) is 84.4 Å². The van der Waals surface area contributed by atoms with E-state index in [4.69, 9.17) is 5.11 Å². The molecule has 0 bridgehead atoms. The first kappa shape index (κ1) is 16.4. The minimum Gasteiger partial charge on any atom is -0.480 e. The van der Waals surface area contributed by atoms with Crippen LogP contribution in [0, 0.1) is 0 Å². The van der Waals surface area contributed by atoms with Crippen molar-refractivity contribution in [2.24, 2.45) is 0 Å². The maximum Gasteiger partial charge on any atom is 0.323 e. The van der Waals surface area contributed by atoms with Crippen LogP contribution < -0.4 is 0 Å². The van der Waals surface area contributed by atoms with Crippen LogP contribution >= 0.6 is 0 Å². The van der Waals surface area contributed by atoms with Crippen LogP contribution in [0.25, 0.3) is 0 Å². The van der Waals surface area contributed by atoms with E-state index in [-0.39, 0.29) is 24.9 Å². The minimum absolute atomic E-state index is 0.0869. The average molecular weight is 285 g/mol. The largest absolute Gasteiger partial charge is 0.480 e. The van der Waals surface area contributed by atoms with E-state index in [0.717, 1.165) is 30.8 Å². The summed E-state index contributed by atoms with van der Waals surface area (Å²) < 4.78 is 0. The molecule has 1 aliphatic rings. The predicted molar refractivity (Wildman–Crippen MR) is 73.2 cm³/mol. The lowest BCUT2D eigenvalue weighted by Gasteiger charge is -2.28. The first-order chi connectivity index (χ1) is 9.40. The van der Waals surface area contributed by atoms with Crippen molar-refractivity contribution >= 4 is 17.8 Å². The van der Waals surface area contributed by atoms with E-state index >= 15 is 0 Å². The van der Waals surface area contributed by atoms with Crippen LogP contribution in [0.4, 0.5) is 0 Å². The third-order valence-electron chi connectivity index (χ3n) is 3.40. The zero-order chi connectivity index (χ0) is 15.1. The van der Waals surface area contributed by atoms with E-state index in [1.165, 1.54) is 18.4 Å². The van der Waals surface area contributed by atoms with Gasteiger partial charge < -0.3 is 14.9 Å². The number of carbonyl (C=O) groups excluding carboxylic acids is 2. The number of likely N-dealkylation sites (N-methyl/N-ethyl adjacent to an activating group) is 2. The summed E-state index contributed by atoms with van der Waals surface area (Å²) in [7, 11) is 2.98. The van der Waals surface area contributed by atoms with Gasteiger partial charge in [0.2, 0.25) is 11.8 Å². The molecule has 114 valence electrons. The van der Waals surface area contributed by atoms with Gasteiger partial charge in [-0.3, -0.25) is 19.3 Å². The highest BCUT2D eigenvalue weighted by Gasteiger charge is 2.20. The molecule has 0 aromatic carbocycles. The Balaban J connectivity index is 2.36. The molecule has 1 N–H and O–H groups in total. The van der Waals surface area contributed by atoms with Crippen molar-refractivity contribution < 1.29 is 19.5 Å². The fourth-order valence-electron chi connectivity index (χ4n) is 2.13. The van der Waals surface area contributed by atoms with E-state index < -0.39 is 5.97 Å². The van der Waals surface area contributed by atoms with Crippen LogP contribution in [0.5, 0.6) is 0 Å². The number of hydrogen-bond acceptors (Lipinski definition) is 4. The Hall–Kier alpha value is -1.63. The Bertz CT molecular complexity index is 367. The summed E-state index contributed by atoms with van der Waals surface area (Å²) in [5.74, 6) is -1.55. The third kappa shape index (κ3) is 5.56. The summed E-state index contributed by atoms with van der Waals surface area (Å²) in [4.78, 5) is 38.8. The van der Waals surface area contributed by atoms with Crippen molar-refractivity contribution in [3.8, 4) is 0 Å². The molecule has 0 aliphatic carbocycles. The summed E-state index contributed by atoms with van der Waals surface area (Å²) in [6.07, 6.45) is 3.42. The molecule has 1 fully saturated rings. The van der Waals surface area contributed by atoms with Crippen molar-refractivity contribution in [1.82, 2.24) is 14.7 Å². The number of aliphatic carboxylic acids is 1. The monoisotopic (exact) mass is 285 g/mol. The average Bonchev–Trinajstić information content (AvgIpc) is 2.38. The van der Waals surface area contributed by atoms with Crippen LogP contribution in [0.15, 0.2) is 0 Å². The summed E-state index contributed by atoms with van der Waals surface area (Å²) in [5.41, 5.74) is 0. The topological polar surface area (TPSA) is 81.2 Å². The van der Waals surface area contributed by atoms with Gasteiger partial charge in [0, 0.05) is 14.1 Å². The molecule has 20 heavy (non-hydrogen) atoms. The molecule has 0 saturated carbocycles. The van der Waals surface area contributed by atoms with Crippen molar-refractivity contribution in [3.05, 3.63) is 0 Å². The molecule has 7 heteroatoms. The van der Waals surface area contributed by atoms with Crippen molar-refractivity contribution in [2.75, 3.05) is 46.8 Å². The molecule has 0 radical (unpaired) electrons. The van der Waals surface area contributed by atoms with Crippen molar-refractivity contribution in [2.45, 2.75) is 19.3 Å². The number of hydrogen-bond donors (Lipinski definition) is 1. The standard InChI is InChI=1S/C13H23N3O4/c1-14(8-11(17)15(2)10-13(19)20)12(18)9-16-6-4-3-5-7-16/h3-10H2,1-2H3,(H,19,20). The second-order valence-corrected chi connectivity index (χ2v) is 5.23. The number of piperidine rings is 1. The molecular formula is C13H23N3O4. The summed E-state index contributed by atoms with van der Waals surface area (Å²) >= 11 is 0. The van der Waals surface area contributed by atoms with E-state index in [2.05, 4.69) is 4.90 Å². The van der Waals surface area contributed by atoms with E-state index in [1.54, 1.807) is 7.05 Å². The Morgan fingerprint density at radius 3 is 2.05 bits per heavy atom. The molecule has 2 amide bonds. The van der Waals surface area contributed by atoms with E-state index in [9.17, 15) is 14.4 Å². The van der Waals surface area contributed by atoms with Gasteiger partial charge in [-0.1, -0.05) is 6.42 Å². The molecule has 1 rings (SSSR count). The zero-order valence-corrected chi connectivity index (χ0v) is 12.2. The van der Waals surface area contributed by atoms with Crippen LogP contribution in [-0.2, 0) is 14.4 Å². The van der Waals surface area contributed by atoms with Crippen LogP contribution in [0.3, 0.4) is 0 Å². The maximum absolute atomic E-state index is 12.0. The number of carboxylic acids is 1.